The number of ether oxygens (including phenoxy) is 4. The fourth-order valence-corrected chi connectivity index (χ4v) is 4.47. The number of aliphatic hydroxyl groups excluding tert-OH is 4. The maximum atomic E-state index is 11.0. The van der Waals surface area contributed by atoms with E-state index in [9.17, 15) is 20.4 Å². The van der Waals surface area contributed by atoms with Crippen molar-refractivity contribution in [3.63, 3.8) is 0 Å². The average molecular weight is 467 g/mol. The lowest BCUT2D eigenvalue weighted by atomic mass is 9.84. The smallest absolute Gasteiger partial charge is 0.186 e. The van der Waals surface area contributed by atoms with Gasteiger partial charge in [-0.1, -0.05) is 0 Å². The van der Waals surface area contributed by atoms with Gasteiger partial charge in [0.25, 0.3) is 0 Å². The Hall–Kier alpha value is -0.560. The fraction of sp³-hybridized carbons (Fsp3) is 1.00. The molecule has 3 rings (SSSR count). The van der Waals surface area contributed by atoms with Crippen LogP contribution in [0.25, 0.3) is 0 Å². The monoisotopic (exact) mass is 466 g/mol. The van der Waals surface area contributed by atoms with Crippen molar-refractivity contribution in [3.8, 4) is 0 Å². The molecule has 1 unspecified atom stereocenters. The van der Waals surface area contributed by atoms with Crippen molar-refractivity contribution in [3.05, 3.63) is 0 Å². The summed E-state index contributed by atoms with van der Waals surface area (Å²) in [7, 11) is 0. The maximum absolute atomic E-state index is 11.0. The summed E-state index contributed by atoms with van der Waals surface area (Å²) in [4.78, 5) is 0. The lowest BCUT2D eigenvalue weighted by Gasteiger charge is -2.47. The van der Waals surface area contributed by atoms with Crippen LogP contribution in [0.4, 0.5) is 0 Å². The molecule has 2 aliphatic heterocycles. The summed E-state index contributed by atoms with van der Waals surface area (Å²) in [6.07, 6.45) is -10.1. The molecular formula is C18H38N6O8. The molecule has 188 valence electrons. The van der Waals surface area contributed by atoms with Gasteiger partial charge in [-0.25, -0.2) is 0 Å². The average Bonchev–Trinajstić information content (AvgIpc) is 2.75. The van der Waals surface area contributed by atoms with Crippen LogP contribution in [0.5, 0.6) is 0 Å². The van der Waals surface area contributed by atoms with Crippen LogP contribution in [0.2, 0.25) is 0 Å². The van der Waals surface area contributed by atoms with E-state index in [4.69, 9.17) is 53.3 Å². The Kier molecular flexibility index (Phi) is 8.79. The lowest BCUT2D eigenvalue weighted by molar-refractivity contribution is -0.311. The fourth-order valence-electron chi connectivity index (χ4n) is 4.47. The van der Waals surface area contributed by atoms with Crippen molar-refractivity contribution in [2.75, 3.05) is 13.1 Å². The predicted molar refractivity (Wildman–Crippen MR) is 110 cm³/mol. The highest BCUT2D eigenvalue weighted by atomic mass is 16.7. The summed E-state index contributed by atoms with van der Waals surface area (Å²) >= 11 is 0. The number of hydrogen-bond acceptors (Lipinski definition) is 14. The molecule has 14 atom stereocenters. The molecule has 0 aromatic carbocycles. The number of rotatable bonds is 6. The van der Waals surface area contributed by atoms with Crippen molar-refractivity contribution in [1.29, 1.82) is 0 Å². The molecule has 0 amide bonds. The molecule has 32 heavy (non-hydrogen) atoms. The molecule has 3 fully saturated rings. The van der Waals surface area contributed by atoms with Gasteiger partial charge < -0.3 is 73.8 Å². The van der Waals surface area contributed by atoms with Crippen LogP contribution in [-0.4, -0.2) is 119 Å². The van der Waals surface area contributed by atoms with Gasteiger partial charge in [-0.2, -0.15) is 0 Å². The molecule has 14 heteroatoms. The zero-order valence-corrected chi connectivity index (χ0v) is 17.8. The number of nitrogens with two attached hydrogens (primary N) is 6. The topological polar surface area (TPSA) is 274 Å². The van der Waals surface area contributed by atoms with Crippen LogP contribution in [0.15, 0.2) is 0 Å². The van der Waals surface area contributed by atoms with Gasteiger partial charge in [-0.05, 0) is 12.8 Å². The van der Waals surface area contributed by atoms with Gasteiger partial charge in [0.15, 0.2) is 12.6 Å². The minimum atomic E-state index is -1.39. The van der Waals surface area contributed by atoms with Crippen LogP contribution in [0.1, 0.15) is 12.8 Å². The second-order valence-electron chi connectivity index (χ2n) is 8.84. The third kappa shape index (κ3) is 5.24. The first-order valence-corrected chi connectivity index (χ1v) is 10.9. The third-order valence-electron chi connectivity index (χ3n) is 6.47. The van der Waals surface area contributed by atoms with E-state index >= 15 is 0 Å². The molecule has 14 nitrogen and oxygen atoms in total. The SMILES string of the molecule is NC[C@H]1O[C@H](OC2[C@H](N)C[C@H](N)[C@@H](O[C@@H]3O[C@H](CN)[C@@H](O)C[C@H]3N)[C@@H]2O)[C@H](O)[C@@H](N)[C@@H]1O. The van der Waals surface area contributed by atoms with Crippen molar-refractivity contribution >= 4 is 0 Å². The van der Waals surface area contributed by atoms with E-state index in [2.05, 4.69) is 0 Å². The molecule has 1 aliphatic carbocycles. The molecule has 3 aliphatic rings. The van der Waals surface area contributed by atoms with Gasteiger partial charge in [0, 0.05) is 25.2 Å². The standard InChI is InChI=1S/C18H38N6O8/c19-3-9-8(25)2-7(23)17(29-9)31-15-5(21)1-6(22)16(14(15)28)32-18-13(27)11(24)12(26)10(4-20)30-18/h5-18,25-28H,1-4,19-24H2/t5-,6+,7+,8-,9+,10+,11-,12+,13+,14-,15+,16?,17-,18+/m0/s1. The van der Waals surface area contributed by atoms with Crippen LogP contribution < -0.4 is 34.4 Å². The highest BCUT2D eigenvalue weighted by Crippen LogP contribution is 2.30. The predicted octanol–water partition coefficient (Wildman–Crippen LogP) is -6.33. The first kappa shape index (κ1) is 26.1. The zero-order chi connectivity index (χ0) is 23.7. The van der Waals surface area contributed by atoms with Crippen molar-refractivity contribution in [2.45, 2.75) is 98.4 Å². The summed E-state index contributed by atoms with van der Waals surface area (Å²) in [5.74, 6) is 0. The van der Waals surface area contributed by atoms with E-state index < -0.39 is 85.6 Å². The number of hydrogen-bond donors (Lipinski definition) is 10. The second kappa shape index (κ2) is 10.8. The van der Waals surface area contributed by atoms with E-state index in [1.807, 2.05) is 0 Å². The minimum Gasteiger partial charge on any atom is -0.390 e. The Morgan fingerprint density at radius 2 is 1.19 bits per heavy atom. The molecule has 0 bridgehead atoms. The van der Waals surface area contributed by atoms with Crippen molar-refractivity contribution in [2.24, 2.45) is 34.4 Å². The van der Waals surface area contributed by atoms with Gasteiger partial charge in [0.2, 0.25) is 0 Å². The quantitative estimate of drug-likeness (QED) is 0.174. The van der Waals surface area contributed by atoms with Gasteiger partial charge in [0.1, 0.15) is 30.5 Å². The van der Waals surface area contributed by atoms with Gasteiger partial charge in [-0.3, -0.25) is 0 Å². The molecule has 0 radical (unpaired) electrons. The zero-order valence-electron chi connectivity index (χ0n) is 17.8. The highest BCUT2D eigenvalue weighted by Gasteiger charge is 2.50. The summed E-state index contributed by atoms with van der Waals surface area (Å²) < 4.78 is 22.9. The molecule has 2 heterocycles. The molecule has 16 N–H and O–H groups in total. The Bertz CT molecular complexity index is 608. The van der Waals surface area contributed by atoms with E-state index in [0.29, 0.717) is 0 Å². The summed E-state index contributed by atoms with van der Waals surface area (Å²) in [5, 5.41) is 41.5. The summed E-state index contributed by atoms with van der Waals surface area (Å²) in [5.41, 5.74) is 35.5. The van der Waals surface area contributed by atoms with Crippen LogP contribution >= 0.6 is 0 Å². The summed E-state index contributed by atoms with van der Waals surface area (Å²) in [6.45, 7) is 0.0113. The minimum absolute atomic E-state index is 0.0532. The Morgan fingerprint density at radius 1 is 0.656 bits per heavy atom. The van der Waals surface area contributed by atoms with E-state index in [0.717, 1.165) is 0 Å². The maximum Gasteiger partial charge on any atom is 0.186 e. The van der Waals surface area contributed by atoms with Gasteiger partial charge in [-0.15, -0.1) is 0 Å². The van der Waals surface area contributed by atoms with Crippen molar-refractivity contribution in [1.82, 2.24) is 0 Å². The normalized spacial score (nSPS) is 52.7. The van der Waals surface area contributed by atoms with Crippen LogP contribution in [0.3, 0.4) is 0 Å². The molecule has 0 aromatic heterocycles. The lowest BCUT2D eigenvalue weighted by Crippen LogP contribution is -2.68. The van der Waals surface area contributed by atoms with E-state index in [1.165, 1.54) is 0 Å². The Morgan fingerprint density at radius 3 is 1.75 bits per heavy atom. The van der Waals surface area contributed by atoms with Crippen molar-refractivity contribution < 1.29 is 39.4 Å². The largest absolute Gasteiger partial charge is 0.390 e. The van der Waals surface area contributed by atoms with Crippen LogP contribution in [-0.2, 0) is 18.9 Å². The van der Waals surface area contributed by atoms with Crippen LogP contribution in [0, 0.1) is 0 Å². The summed E-state index contributed by atoms with van der Waals surface area (Å²) in [6, 6.07) is -3.12. The Balaban J connectivity index is 1.70. The second-order valence-corrected chi connectivity index (χ2v) is 8.84. The van der Waals surface area contributed by atoms with Gasteiger partial charge in [0.05, 0.1) is 30.4 Å². The molecule has 0 spiro atoms. The molecular weight excluding hydrogens is 428 g/mol. The molecule has 0 aromatic rings. The first-order valence-electron chi connectivity index (χ1n) is 10.9. The first-order chi connectivity index (χ1) is 15.1. The van der Waals surface area contributed by atoms with Gasteiger partial charge >= 0.3 is 0 Å². The number of aliphatic hydroxyl groups is 4. The van der Waals surface area contributed by atoms with E-state index in [1.54, 1.807) is 0 Å². The third-order valence-corrected chi connectivity index (χ3v) is 6.47. The molecule has 2 saturated heterocycles. The van der Waals surface area contributed by atoms with E-state index in [-0.39, 0.29) is 25.9 Å². The highest BCUT2D eigenvalue weighted by molar-refractivity contribution is 5.01. The Labute approximate surface area is 186 Å². The molecule has 1 saturated carbocycles.